The summed E-state index contributed by atoms with van der Waals surface area (Å²) in [6.07, 6.45) is -4.41. The van der Waals surface area contributed by atoms with Gasteiger partial charge in [0.05, 0.1) is 11.3 Å². The summed E-state index contributed by atoms with van der Waals surface area (Å²) in [4.78, 5) is 12.2. The van der Waals surface area contributed by atoms with E-state index in [1.165, 1.54) is 12.1 Å². The smallest absolute Gasteiger partial charge is 0.416 e. The standard InChI is InChI=1S/C17H16ClF3N2O2/c1-16(2,25-14-9-5-12(18)6-10-14)15(24)23-22-13-7-3-11(4-8-13)17(19,20)21/h3-10,22H,1-2H3,(H,23,24). The van der Waals surface area contributed by atoms with E-state index in [1.54, 1.807) is 38.1 Å². The van der Waals surface area contributed by atoms with Gasteiger partial charge in [-0.15, -0.1) is 0 Å². The molecule has 0 radical (unpaired) electrons. The predicted molar refractivity (Wildman–Crippen MR) is 89.4 cm³/mol. The van der Waals surface area contributed by atoms with E-state index < -0.39 is 23.2 Å². The van der Waals surface area contributed by atoms with Crippen molar-refractivity contribution >= 4 is 23.2 Å². The highest BCUT2D eigenvalue weighted by atomic mass is 35.5. The van der Waals surface area contributed by atoms with Gasteiger partial charge in [-0.05, 0) is 62.4 Å². The van der Waals surface area contributed by atoms with Crippen LogP contribution in [0.25, 0.3) is 0 Å². The number of hydrogen-bond acceptors (Lipinski definition) is 3. The Morgan fingerprint density at radius 1 is 1.00 bits per heavy atom. The van der Waals surface area contributed by atoms with Crippen molar-refractivity contribution in [1.29, 1.82) is 0 Å². The number of halogens is 4. The van der Waals surface area contributed by atoms with E-state index in [0.29, 0.717) is 16.5 Å². The van der Waals surface area contributed by atoms with Crippen molar-refractivity contribution in [1.82, 2.24) is 5.43 Å². The Kier molecular flexibility index (Phi) is 5.47. The Morgan fingerprint density at radius 2 is 1.56 bits per heavy atom. The van der Waals surface area contributed by atoms with Crippen molar-refractivity contribution in [2.75, 3.05) is 5.43 Å². The highest BCUT2D eigenvalue weighted by molar-refractivity contribution is 6.30. The highest BCUT2D eigenvalue weighted by Crippen LogP contribution is 2.29. The first kappa shape index (κ1) is 18.9. The van der Waals surface area contributed by atoms with Gasteiger partial charge in [0.2, 0.25) is 0 Å². The van der Waals surface area contributed by atoms with Gasteiger partial charge in [-0.1, -0.05) is 11.6 Å². The predicted octanol–water partition coefficient (Wildman–Crippen LogP) is 4.66. The zero-order valence-electron chi connectivity index (χ0n) is 13.4. The number of ether oxygens (including phenoxy) is 1. The van der Waals surface area contributed by atoms with Gasteiger partial charge in [-0.25, -0.2) is 0 Å². The van der Waals surface area contributed by atoms with E-state index in [4.69, 9.17) is 16.3 Å². The number of amides is 1. The molecule has 134 valence electrons. The Morgan fingerprint density at radius 3 is 2.08 bits per heavy atom. The lowest BCUT2D eigenvalue weighted by molar-refractivity contribution is -0.137. The minimum absolute atomic E-state index is 0.309. The van der Waals surface area contributed by atoms with Gasteiger partial charge in [0.15, 0.2) is 5.60 Å². The third-order valence-corrected chi connectivity index (χ3v) is 3.52. The second kappa shape index (κ2) is 7.23. The molecule has 0 aliphatic rings. The molecule has 0 spiro atoms. The monoisotopic (exact) mass is 372 g/mol. The largest absolute Gasteiger partial charge is 0.478 e. The zero-order chi connectivity index (χ0) is 18.7. The first-order chi connectivity index (χ1) is 11.6. The number of anilines is 1. The van der Waals surface area contributed by atoms with Crippen LogP contribution in [0.15, 0.2) is 48.5 Å². The third-order valence-electron chi connectivity index (χ3n) is 3.27. The summed E-state index contributed by atoms with van der Waals surface area (Å²) in [5.41, 5.74) is 3.29. The summed E-state index contributed by atoms with van der Waals surface area (Å²) >= 11 is 5.79. The number of carbonyl (C=O) groups is 1. The molecule has 0 saturated heterocycles. The van der Waals surface area contributed by atoms with E-state index in [1.807, 2.05) is 0 Å². The molecule has 2 aromatic carbocycles. The molecule has 0 bridgehead atoms. The molecule has 0 heterocycles. The number of hydrazine groups is 1. The Labute approximate surface area is 147 Å². The van der Waals surface area contributed by atoms with Crippen LogP contribution in [0.3, 0.4) is 0 Å². The van der Waals surface area contributed by atoms with Gasteiger partial charge in [0.1, 0.15) is 5.75 Å². The van der Waals surface area contributed by atoms with Gasteiger partial charge >= 0.3 is 6.18 Å². The van der Waals surface area contributed by atoms with Crippen molar-refractivity contribution in [3.8, 4) is 5.75 Å². The fourth-order valence-corrected chi connectivity index (χ4v) is 1.99. The van der Waals surface area contributed by atoms with Crippen LogP contribution in [0, 0.1) is 0 Å². The van der Waals surface area contributed by atoms with Gasteiger partial charge in [0.25, 0.3) is 5.91 Å². The molecule has 0 unspecified atom stereocenters. The molecule has 0 aliphatic heterocycles. The molecule has 0 fully saturated rings. The summed E-state index contributed by atoms with van der Waals surface area (Å²) in [5.74, 6) is -0.0403. The number of hydrogen-bond donors (Lipinski definition) is 2. The van der Waals surface area contributed by atoms with Crippen LogP contribution in [0.5, 0.6) is 5.75 Å². The molecule has 2 aromatic rings. The quantitative estimate of drug-likeness (QED) is 0.750. The first-order valence-corrected chi connectivity index (χ1v) is 7.64. The van der Waals surface area contributed by atoms with E-state index in [2.05, 4.69) is 10.9 Å². The van der Waals surface area contributed by atoms with Crippen LogP contribution in [-0.4, -0.2) is 11.5 Å². The molecule has 0 atom stereocenters. The lowest BCUT2D eigenvalue weighted by atomic mass is 10.1. The van der Waals surface area contributed by atoms with Gasteiger partial charge < -0.3 is 4.74 Å². The topological polar surface area (TPSA) is 50.4 Å². The number of carbonyl (C=O) groups excluding carboxylic acids is 1. The normalized spacial score (nSPS) is 11.8. The van der Waals surface area contributed by atoms with Gasteiger partial charge in [-0.3, -0.25) is 15.6 Å². The first-order valence-electron chi connectivity index (χ1n) is 7.26. The Hall–Kier alpha value is -2.41. The van der Waals surface area contributed by atoms with Crippen LogP contribution in [0.1, 0.15) is 19.4 Å². The molecular formula is C17H16ClF3N2O2. The minimum atomic E-state index is -4.41. The minimum Gasteiger partial charge on any atom is -0.478 e. The molecule has 4 nitrogen and oxygen atoms in total. The zero-order valence-corrected chi connectivity index (χ0v) is 14.2. The molecule has 0 aromatic heterocycles. The molecule has 25 heavy (non-hydrogen) atoms. The average molecular weight is 373 g/mol. The van der Waals surface area contributed by atoms with Crippen molar-refractivity contribution in [2.24, 2.45) is 0 Å². The Balaban J connectivity index is 1.95. The van der Waals surface area contributed by atoms with Crippen molar-refractivity contribution in [3.63, 3.8) is 0 Å². The number of rotatable bonds is 5. The van der Waals surface area contributed by atoms with E-state index in [-0.39, 0.29) is 0 Å². The average Bonchev–Trinajstić information content (AvgIpc) is 2.54. The lowest BCUT2D eigenvalue weighted by Crippen LogP contribution is -2.48. The van der Waals surface area contributed by atoms with E-state index in [9.17, 15) is 18.0 Å². The fourth-order valence-electron chi connectivity index (χ4n) is 1.87. The number of alkyl halides is 3. The number of benzene rings is 2. The van der Waals surface area contributed by atoms with Crippen molar-refractivity contribution < 1.29 is 22.7 Å². The molecule has 0 saturated carbocycles. The molecule has 2 rings (SSSR count). The van der Waals surface area contributed by atoms with Crippen molar-refractivity contribution in [2.45, 2.75) is 25.6 Å². The van der Waals surface area contributed by atoms with E-state index in [0.717, 1.165) is 12.1 Å². The van der Waals surface area contributed by atoms with E-state index >= 15 is 0 Å². The second-order valence-electron chi connectivity index (χ2n) is 5.72. The lowest BCUT2D eigenvalue weighted by Gasteiger charge is -2.25. The summed E-state index contributed by atoms with van der Waals surface area (Å²) in [6, 6.07) is 10.8. The summed E-state index contributed by atoms with van der Waals surface area (Å²) in [5, 5.41) is 0.540. The molecule has 1 amide bonds. The maximum absolute atomic E-state index is 12.5. The summed E-state index contributed by atoms with van der Waals surface area (Å²) < 4.78 is 43.1. The van der Waals surface area contributed by atoms with Gasteiger partial charge in [-0.2, -0.15) is 13.2 Å². The summed E-state index contributed by atoms with van der Waals surface area (Å²) in [7, 11) is 0. The van der Waals surface area contributed by atoms with Crippen LogP contribution < -0.4 is 15.6 Å². The highest BCUT2D eigenvalue weighted by Gasteiger charge is 2.31. The summed E-state index contributed by atoms with van der Waals surface area (Å²) in [6.45, 7) is 3.12. The van der Waals surface area contributed by atoms with Gasteiger partial charge in [0, 0.05) is 5.02 Å². The molecular weight excluding hydrogens is 357 g/mol. The molecule has 2 N–H and O–H groups in total. The van der Waals surface area contributed by atoms with Crippen LogP contribution in [0.4, 0.5) is 18.9 Å². The van der Waals surface area contributed by atoms with Crippen molar-refractivity contribution in [3.05, 3.63) is 59.1 Å². The number of nitrogens with one attached hydrogen (secondary N) is 2. The van der Waals surface area contributed by atoms with Crippen LogP contribution in [0.2, 0.25) is 5.02 Å². The maximum atomic E-state index is 12.5. The third kappa shape index (κ3) is 5.29. The fraction of sp³-hybridized carbons (Fsp3) is 0.235. The maximum Gasteiger partial charge on any atom is 0.416 e. The van der Waals surface area contributed by atoms with Crippen LogP contribution >= 0.6 is 11.6 Å². The second-order valence-corrected chi connectivity index (χ2v) is 6.16. The molecule has 8 heteroatoms. The Bertz CT molecular complexity index is 729. The van der Waals surface area contributed by atoms with Crippen LogP contribution in [-0.2, 0) is 11.0 Å². The molecule has 0 aliphatic carbocycles. The SMILES string of the molecule is CC(C)(Oc1ccc(Cl)cc1)C(=O)NNc1ccc(C(F)(F)F)cc1.